The van der Waals surface area contributed by atoms with E-state index in [2.05, 4.69) is 46.1 Å². The second-order valence-electron chi connectivity index (χ2n) is 5.75. The zero-order chi connectivity index (χ0) is 14.5. The Hall–Kier alpha value is -0.860. The van der Waals surface area contributed by atoms with Crippen molar-refractivity contribution in [2.24, 2.45) is 16.8 Å². The molecular formula is C14H26IN5O. The van der Waals surface area contributed by atoms with Gasteiger partial charge in [-0.1, -0.05) is 19.0 Å². The third-order valence-electron chi connectivity index (χ3n) is 3.44. The summed E-state index contributed by atoms with van der Waals surface area (Å²) >= 11 is 0. The number of piperidine rings is 1. The molecule has 1 aromatic rings. The predicted molar refractivity (Wildman–Crippen MR) is 93.8 cm³/mol. The number of rotatable bonds is 3. The smallest absolute Gasteiger partial charge is 0.223 e. The van der Waals surface area contributed by atoms with Crippen molar-refractivity contribution in [3.05, 3.63) is 11.7 Å². The molecule has 0 aromatic carbocycles. The topological polar surface area (TPSA) is 66.5 Å². The minimum absolute atomic E-state index is 0. The lowest BCUT2D eigenvalue weighted by molar-refractivity contribution is 0.208. The molecular weight excluding hydrogens is 381 g/mol. The van der Waals surface area contributed by atoms with Crippen molar-refractivity contribution in [2.45, 2.75) is 40.7 Å². The molecule has 1 fully saturated rings. The molecule has 6 nitrogen and oxygen atoms in total. The standard InChI is InChI=1S/C14H25N5O.HI/c1-5-15-14(16-7-13-17-12(4)20-18-13)19-8-10(2)6-11(3)9-19;/h10-11H,5-9H2,1-4H3,(H,15,16);1H. The zero-order valence-corrected chi connectivity index (χ0v) is 15.6. The Morgan fingerprint density at radius 2 is 2.05 bits per heavy atom. The number of aliphatic imine (C=N–C) groups is 1. The highest BCUT2D eigenvalue weighted by Crippen LogP contribution is 2.20. The van der Waals surface area contributed by atoms with Gasteiger partial charge in [-0.25, -0.2) is 4.99 Å². The van der Waals surface area contributed by atoms with Gasteiger partial charge >= 0.3 is 0 Å². The first-order valence-electron chi connectivity index (χ1n) is 7.41. The quantitative estimate of drug-likeness (QED) is 0.474. The number of likely N-dealkylation sites (tertiary alicyclic amines) is 1. The van der Waals surface area contributed by atoms with E-state index >= 15 is 0 Å². The summed E-state index contributed by atoms with van der Waals surface area (Å²) in [5.74, 6) is 3.58. The van der Waals surface area contributed by atoms with Crippen molar-refractivity contribution in [2.75, 3.05) is 19.6 Å². The average Bonchev–Trinajstić information content (AvgIpc) is 2.79. The van der Waals surface area contributed by atoms with Crippen LogP contribution in [0, 0.1) is 18.8 Å². The fourth-order valence-corrected chi connectivity index (χ4v) is 2.81. The van der Waals surface area contributed by atoms with Gasteiger partial charge in [-0.05, 0) is 25.2 Å². The molecule has 2 rings (SSSR count). The number of halogens is 1. The molecule has 2 heterocycles. The molecule has 0 aliphatic carbocycles. The molecule has 2 atom stereocenters. The van der Waals surface area contributed by atoms with Gasteiger partial charge in [0.15, 0.2) is 11.8 Å². The van der Waals surface area contributed by atoms with Crippen LogP contribution in [-0.2, 0) is 6.54 Å². The Kier molecular flexibility index (Phi) is 7.41. The van der Waals surface area contributed by atoms with Crippen LogP contribution in [-0.4, -0.2) is 40.6 Å². The number of guanidine groups is 1. The van der Waals surface area contributed by atoms with E-state index in [1.54, 1.807) is 6.92 Å². The van der Waals surface area contributed by atoms with Gasteiger partial charge in [-0.2, -0.15) is 4.98 Å². The molecule has 0 amide bonds. The van der Waals surface area contributed by atoms with Gasteiger partial charge in [0, 0.05) is 26.6 Å². The van der Waals surface area contributed by atoms with E-state index < -0.39 is 0 Å². The maximum Gasteiger partial charge on any atom is 0.223 e. The fourth-order valence-electron chi connectivity index (χ4n) is 2.81. The van der Waals surface area contributed by atoms with Gasteiger partial charge < -0.3 is 14.7 Å². The summed E-state index contributed by atoms with van der Waals surface area (Å²) in [6.45, 7) is 11.9. The van der Waals surface area contributed by atoms with Crippen molar-refractivity contribution in [1.29, 1.82) is 0 Å². The van der Waals surface area contributed by atoms with Crippen LogP contribution in [0.5, 0.6) is 0 Å². The van der Waals surface area contributed by atoms with E-state index in [0.29, 0.717) is 30.1 Å². The molecule has 1 saturated heterocycles. The molecule has 1 aliphatic rings. The van der Waals surface area contributed by atoms with Crippen LogP contribution in [0.3, 0.4) is 0 Å². The van der Waals surface area contributed by atoms with Gasteiger partial charge in [0.05, 0.1) is 0 Å². The lowest BCUT2D eigenvalue weighted by atomic mass is 9.92. The first kappa shape index (κ1) is 18.2. The second-order valence-corrected chi connectivity index (χ2v) is 5.75. The zero-order valence-electron chi connectivity index (χ0n) is 13.3. The van der Waals surface area contributed by atoms with Crippen molar-refractivity contribution >= 4 is 29.9 Å². The molecule has 0 spiro atoms. The van der Waals surface area contributed by atoms with Crippen LogP contribution in [0.2, 0.25) is 0 Å². The number of hydrogen-bond donors (Lipinski definition) is 1. The summed E-state index contributed by atoms with van der Waals surface area (Å²) in [4.78, 5) is 11.2. The summed E-state index contributed by atoms with van der Waals surface area (Å²) in [7, 11) is 0. The fraction of sp³-hybridized carbons (Fsp3) is 0.786. The van der Waals surface area contributed by atoms with Gasteiger partial charge in [0.2, 0.25) is 5.89 Å². The molecule has 0 bridgehead atoms. The molecule has 0 radical (unpaired) electrons. The SMILES string of the molecule is CCNC(=NCc1noc(C)n1)N1CC(C)CC(C)C1.I. The Balaban J connectivity index is 0.00000220. The van der Waals surface area contributed by atoms with E-state index in [9.17, 15) is 0 Å². The van der Waals surface area contributed by atoms with Crippen molar-refractivity contribution < 1.29 is 4.52 Å². The van der Waals surface area contributed by atoms with Crippen molar-refractivity contribution in [1.82, 2.24) is 20.4 Å². The van der Waals surface area contributed by atoms with Crippen LogP contribution in [0.1, 0.15) is 38.9 Å². The van der Waals surface area contributed by atoms with Gasteiger partial charge in [-0.3, -0.25) is 0 Å². The molecule has 7 heteroatoms. The highest BCUT2D eigenvalue weighted by atomic mass is 127. The summed E-state index contributed by atoms with van der Waals surface area (Å²) in [5, 5.41) is 7.24. The molecule has 1 N–H and O–H groups in total. The summed E-state index contributed by atoms with van der Waals surface area (Å²) in [6, 6.07) is 0. The molecule has 0 saturated carbocycles. The Bertz CT molecular complexity index is 452. The first-order valence-corrected chi connectivity index (χ1v) is 7.41. The van der Waals surface area contributed by atoms with E-state index in [0.717, 1.165) is 25.6 Å². The van der Waals surface area contributed by atoms with E-state index in [-0.39, 0.29) is 24.0 Å². The second kappa shape index (κ2) is 8.55. The van der Waals surface area contributed by atoms with Crippen LogP contribution in [0.25, 0.3) is 0 Å². The lowest BCUT2D eigenvalue weighted by Gasteiger charge is -2.37. The molecule has 120 valence electrons. The number of nitrogens with one attached hydrogen (secondary N) is 1. The van der Waals surface area contributed by atoms with E-state index in [1.807, 2.05) is 0 Å². The highest BCUT2D eigenvalue weighted by molar-refractivity contribution is 14.0. The van der Waals surface area contributed by atoms with Crippen LogP contribution in [0.15, 0.2) is 9.52 Å². The molecule has 1 aliphatic heterocycles. The van der Waals surface area contributed by atoms with Gasteiger partial charge in [-0.15, -0.1) is 24.0 Å². The van der Waals surface area contributed by atoms with Crippen LogP contribution in [0.4, 0.5) is 0 Å². The maximum absolute atomic E-state index is 4.97. The normalized spacial score (nSPS) is 22.9. The Morgan fingerprint density at radius 1 is 1.38 bits per heavy atom. The van der Waals surface area contributed by atoms with E-state index in [4.69, 9.17) is 4.52 Å². The third-order valence-corrected chi connectivity index (χ3v) is 3.44. The van der Waals surface area contributed by atoms with Gasteiger partial charge in [0.25, 0.3) is 0 Å². The third kappa shape index (κ3) is 5.44. The molecule has 2 unspecified atom stereocenters. The van der Waals surface area contributed by atoms with E-state index in [1.165, 1.54) is 6.42 Å². The minimum atomic E-state index is 0. The summed E-state index contributed by atoms with van der Waals surface area (Å²) in [6.07, 6.45) is 1.29. The first-order chi connectivity index (χ1) is 9.58. The Labute approximate surface area is 143 Å². The number of aryl methyl sites for hydroxylation is 1. The number of nitrogens with zero attached hydrogens (tertiary/aromatic N) is 4. The molecule has 1 aromatic heterocycles. The van der Waals surface area contributed by atoms with Crippen LogP contribution >= 0.6 is 24.0 Å². The minimum Gasteiger partial charge on any atom is -0.357 e. The largest absolute Gasteiger partial charge is 0.357 e. The van der Waals surface area contributed by atoms with Gasteiger partial charge in [0.1, 0.15) is 6.54 Å². The maximum atomic E-state index is 4.97. The monoisotopic (exact) mass is 407 g/mol. The predicted octanol–water partition coefficient (Wildman–Crippen LogP) is 2.44. The Morgan fingerprint density at radius 3 is 2.57 bits per heavy atom. The summed E-state index contributed by atoms with van der Waals surface area (Å²) < 4.78 is 4.97. The number of hydrogen-bond acceptors (Lipinski definition) is 4. The number of aromatic nitrogens is 2. The average molecular weight is 407 g/mol. The lowest BCUT2D eigenvalue weighted by Crippen LogP contribution is -2.48. The van der Waals surface area contributed by atoms with Crippen molar-refractivity contribution in [3.8, 4) is 0 Å². The molecule has 21 heavy (non-hydrogen) atoms. The van der Waals surface area contributed by atoms with Crippen LogP contribution < -0.4 is 5.32 Å². The summed E-state index contributed by atoms with van der Waals surface area (Å²) in [5.41, 5.74) is 0. The van der Waals surface area contributed by atoms with Crippen molar-refractivity contribution in [3.63, 3.8) is 0 Å². The highest BCUT2D eigenvalue weighted by Gasteiger charge is 2.24.